The van der Waals surface area contributed by atoms with Gasteiger partial charge in [-0.3, -0.25) is 0 Å². The summed E-state index contributed by atoms with van der Waals surface area (Å²) in [6.45, 7) is 6.12. The van der Waals surface area contributed by atoms with Gasteiger partial charge in [0.15, 0.2) is 0 Å². The lowest BCUT2D eigenvalue weighted by Crippen LogP contribution is -2.13. The van der Waals surface area contributed by atoms with Crippen molar-refractivity contribution >= 4 is 11.6 Å². The average Bonchev–Trinajstić information content (AvgIpc) is 2.57. The largest absolute Gasteiger partial charge is 0.497 e. The number of aryl methyl sites for hydroxylation is 1. The zero-order valence-corrected chi connectivity index (χ0v) is 13.9. The third-order valence-electron chi connectivity index (χ3n) is 3.13. The molecule has 0 aliphatic carbocycles. The Morgan fingerprint density at radius 3 is 2.17 bits per heavy atom. The minimum atomic E-state index is 0.549. The molecule has 0 aliphatic heterocycles. The molecule has 1 heterocycles. The summed E-state index contributed by atoms with van der Waals surface area (Å²) in [7, 11) is 1.65. The zero-order valence-electron chi connectivity index (χ0n) is 13.9. The van der Waals surface area contributed by atoms with Crippen molar-refractivity contribution in [3.63, 3.8) is 0 Å². The number of anilines is 2. The van der Waals surface area contributed by atoms with Crippen LogP contribution in [0.3, 0.4) is 0 Å². The molecular weight excluding hydrogens is 292 g/mol. The van der Waals surface area contributed by atoms with Crippen molar-refractivity contribution in [1.82, 2.24) is 9.97 Å². The maximum absolute atomic E-state index is 5.68. The van der Waals surface area contributed by atoms with E-state index in [0.29, 0.717) is 13.2 Å². The van der Waals surface area contributed by atoms with E-state index in [2.05, 4.69) is 27.5 Å². The van der Waals surface area contributed by atoms with Crippen LogP contribution in [0.1, 0.15) is 19.2 Å². The summed E-state index contributed by atoms with van der Waals surface area (Å²) in [5.41, 5.74) is 0. The first-order chi connectivity index (χ1) is 11.2. The van der Waals surface area contributed by atoms with Crippen LogP contribution in [-0.2, 0) is 0 Å². The van der Waals surface area contributed by atoms with Gasteiger partial charge in [-0.2, -0.15) is 0 Å². The van der Waals surface area contributed by atoms with Crippen LogP contribution in [0.15, 0.2) is 30.3 Å². The van der Waals surface area contributed by atoms with E-state index in [1.54, 1.807) is 7.11 Å². The molecule has 2 aromatic rings. The minimum absolute atomic E-state index is 0.549. The molecule has 23 heavy (non-hydrogen) atoms. The lowest BCUT2D eigenvalue weighted by Gasteiger charge is -2.11. The first-order valence-corrected chi connectivity index (χ1v) is 7.81. The highest BCUT2D eigenvalue weighted by Crippen LogP contribution is 2.17. The second-order valence-corrected chi connectivity index (χ2v) is 5.06. The summed E-state index contributed by atoms with van der Waals surface area (Å²) in [5, 5.41) is 6.52. The highest BCUT2D eigenvalue weighted by atomic mass is 16.5. The van der Waals surface area contributed by atoms with Gasteiger partial charge in [-0.25, -0.2) is 9.97 Å². The van der Waals surface area contributed by atoms with Gasteiger partial charge < -0.3 is 20.1 Å². The van der Waals surface area contributed by atoms with Crippen molar-refractivity contribution in [1.29, 1.82) is 0 Å². The van der Waals surface area contributed by atoms with Gasteiger partial charge in [0.1, 0.15) is 35.6 Å². The van der Waals surface area contributed by atoms with Crippen molar-refractivity contribution in [3.8, 4) is 11.5 Å². The van der Waals surface area contributed by atoms with Crippen LogP contribution in [0.4, 0.5) is 11.6 Å². The predicted molar refractivity (Wildman–Crippen MR) is 92.5 cm³/mol. The first-order valence-electron chi connectivity index (χ1n) is 7.81. The topological polar surface area (TPSA) is 68.3 Å². The van der Waals surface area contributed by atoms with E-state index in [1.165, 1.54) is 0 Å². The molecule has 124 valence electrons. The van der Waals surface area contributed by atoms with Crippen LogP contribution in [0.2, 0.25) is 0 Å². The van der Waals surface area contributed by atoms with Gasteiger partial charge >= 0.3 is 0 Å². The van der Waals surface area contributed by atoms with E-state index in [4.69, 9.17) is 9.47 Å². The Balaban J connectivity index is 1.79. The molecule has 0 aliphatic rings. The molecule has 0 fully saturated rings. The number of rotatable bonds is 9. The number of nitrogens with zero attached hydrogens (tertiary/aromatic N) is 2. The van der Waals surface area contributed by atoms with Gasteiger partial charge in [-0.05, 0) is 37.6 Å². The second kappa shape index (κ2) is 8.82. The van der Waals surface area contributed by atoms with Gasteiger partial charge in [0.25, 0.3) is 0 Å². The molecule has 0 radical (unpaired) electrons. The predicted octanol–water partition coefficient (Wildman–Crippen LogP) is 3.11. The fraction of sp³-hybridized carbons (Fsp3) is 0.412. The second-order valence-electron chi connectivity index (χ2n) is 5.06. The number of benzene rings is 1. The maximum Gasteiger partial charge on any atom is 0.131 e. The van der Waals surface area contributed by atoms with Crippen LogP contribution in [-0.4, -0.2) is 36.8 Å². The normalized spacial score (nSPS) is 10.2. The van der Waals surface area contributed by atoms with Crippen molar-refractivity contribution in [2.75, 3.05) is 37.4 Å². The standard InChI is InChI=1S/C17H24N4O2/c1-4-9-18-16-12-17(21-13(2)20-16)19-10-11-23-15-7-5-14(22-3)6-8-15/h5-8,12H,4,9-11H2,1-3H3,(H2,18,19,20,21). The molecule has 0 atom stereocenters. The molecule has 0 saturated heterocycles. The minimum Gasteiger partial charge on any atom is -0.497 e. The zero-order chi connectivity index (χ0) is 16.5. The van der Waals surface area contributed by atoms with Crippen LogP contribution >= 0.6 is 0 Å². The molecule has 0 spiro atoms. The molecule has 6 nitrogen and oxygen atoms in total. The molecule has 1 aromatic carbocycles. The first kappa shape index (κ1) is 16.9. The number of aromatic nitrogens is 2. The van der Waals surface area contributed by atoms with Crippen LogP contribution in [0.5, 0.6) is 11.5 Å². The number of ether oxygens (including phenoxy) is 2. The van der Waals surface area contributed by atoms with Gasteiger partial charge in [0, 0.05) is 12.6 Å². The smallest absolute Gasteiger partial charge is 0.131 e. The molecular formula is C17H24N4O2. The summed E-state index contributed by atoms with van der Waals surface area (Å²) in [6.07, 6.45) is 1.06. The van der Waals surface area contributed by atoms with E-state index in [1.807, 2.05) is 37.3 Å². The fourth-order valence-corrected chi connectivity index (χ4v) is 2.02. The highest BCUT2D eigenvalue weighted by molar-refractivity contribution is 5.47. The molecule has 0 unspecified atom stereocenters. The fourth-order valence-electron chi connectivity index (χ4n) is 2.02. The lowest BCUT2D eigenvalue weighted by molar-refractivity contribution is 0.331. The van der Waals surface area contributed by atoms with Crippen molar-refractivity contribution in [2.45, 2.75) is 20.3 Å². The van der Waals surface area contributed by atoms with E-state index >= 15 is 0 Å². The van der Waals surface area contributed by atoms with Gasteiger partial charge in [-0.1, -0.05) is 6.92 Å². The summed E-state index contributed by atoms with van der Waals surface area (Å²) < 4.78 is 10.8. The molecule has 0 amide bonds. The Morgan fingerprint density at radius 2 is 1.57 bits per heavy atom. The molecule has 2 rings (SSSR count). The highest BCUT2D eigenvalue weighted by Gasteiger charge is 2.01. The van der Waals surface area contributed by atoms with E-state index < -0.39 is 0 Å². The molecule has 2 N–H and O–H groups in total. The summed E-state index contributed by atoms with van der Waals surface area (Å²) >= 11 is 0. The summed E-state index contributed by atoms with van der Waals surface area (Å²) in [5.74, 6) is 4.02. The number of hydrogen-bond acceptors (Lipinski definition) is 6. The van der Waals surface area contributed by atoms with Crippen LogP contribution in [0, 0.1) is 6.92 Å². The molecule has 0 bridgehead atoms. The maximum atomic E-state index is 5.68. The van der Waals surface area contributed by atoms with Crippen molar-refractivity contribution in [2.24, 2.45) is 0 Å². The van der Waals surface area contributed by atoms with Gasteiger partial charge in [0.05, 0.1) is 13.7 Å². The Bertz CT molecular complexity index is 602. The van der Waals surface area contributed by atoms with E-state index in [9.17, 15) is 0 Å². The Kier molecular flexibility index (Phi) is 6.47. The average molecular weight is 316 g/mol. The van der Waals surface area contributed by atoms with Gasteiger partial charge in [-0.15, -0.1) is 0 Å². The Morgan fingerprint density at radius 1 is 0.957 bits per heavy atom. The van der Waals surface area contributed by atoms with Gasteiger partial charge in [0.2, 0.25) is 0 Å². The number of methoxy groups -OCH3 is 1. The number of hydrogen-bond donors (Lipinski definition) is 2. The molecule has 1 aromatic heterocycles. The van der Waals surface area contributed by atoms with E-state index in [0.717, 1.165) is 41.9 Å². The van der Waals surface area contributed by atoms with Crippen molar-refractivity contribution < 1.29 is 9.47 Å². The molecule has 6 heteroatoms. The summed E-state index contributed by atoms with van der Waals surface area (Å²) in [4.78, 5) is 8.73. The molecule has 0 saturated carbocycles. The van der Waals surface area contributed by atoms with Crippen molar-refractivity contribution in [3.05, 3.63) is 36.2 Å². The van der Waals surface area contributed by atoms with Crippen LogP contribution in [0.25, 0.3) is 0 Å². The summed E-state index contributed by atoms with van der Waals surface area (Å²) in [6, 6.07) is 9.45. The lowest BCUT2D eigenvalue weighted by atomic mass is 10.3. The number of nitrogens with one attached hydrogen (secondary N) is 2. The SMILES string of the molecule is CCCNc1cc(NCCOc2ccc(OC)cc2)nc(C)n1. The third-order valence-corrected chi connectivity index (χ3v) is 3.13. The third kappa shape index (κ3) is 5.65. The quantitative estimate of drug-likeness (QED) is 0.693. The Labute approximate surface area is 137 Å². The van der Waals surface area contributed by atoms with E-state index in [-0.39, 0.29) is 0 Å². The Hall–Kier alpha value is -2.50. The van der Waals surface area contributed by atoms with Crippen LogP contribution < -0.4 is 20.1 Å². The monoisotopic (exact) mass is 316 g/mol.